The van der Waals surface area contributed by atoms with Gasteiger partial charge in [0.15, 0.2) is 5.82 Å². The number of benzene rings is 1. The molecule has 2 aromatic heterocycles. The Morgan fingerprint density at radius 2 is 2.13 bits per heavy atom. The molecule has 0 bridgehead atoms. The van der Waals surface area contributed by atoms with Gasteiger partial charge in [0.1, 0.15) is 23.3 Å². The highest BCUT2D eigenvalue weighted by atomic mass is 35.5. The van der Waals surface area contributed by atoms with E-state index in [-0.39, 0.29) is 42.3 Å². The van der Waals surface area contributed by atoms with Crippen molar-refractivity contribution in [3.63, 3.8) is 0 Å². The second kappa shape index (κ2) is 13.4. The number of fused-ring (bicyclic) bond motifs is 2. The number of piperidine rings is 1. The number of hydrogen-bond donors (Lipinski definition) is 2. The minimum absolute atomic E-state index is 0. The van der Waals surface area contributed by atoms with Crippen molar-refractivity contribution in [1.82, 2.24) is 20.2 Å². The maximum atomic E-state index is 15.0. The van der Waals surface area contributed by atoms with E-state index in [1.54, 1.807) is 6.07 Å². The molecule has 13 heteroatoms. The molecule has 5 rings (SSSR count). The standard InChI is InChI=1S/C25H26ClF2N5O2S.2ClH/c1-35-15-8-17-16(18(26)11-30-24(17)19(27)9-15)4-6-33-7-5-21(20(28)12-33)29-10-14-2-3-22-25(31-14)32-23(34)13-36-22;;/h2-3,8-9,11,20-21,29H,4-7,10,12-13H2,1H3,(H,31,32,34);2*1H/t20-,21+;;/m1../s1. The van der Waals surface area contributed by atoms with Crippen LogP contribution in [0.2, 0.25) is 5.02 Å². The summed E-state index contributed by atoms with van der Waals surface area (Å²) in [5.41, 5.74) is 1.78. The van der Waals surface area contributed by atoms with E-state index < -0.39 is 12.0 Å². The number of methoxy groups -OCH3 is 1. The van der Waals surface area contributed by atoms with Gasteiger partial charge in [-0.25, -0.2) is 13.8 Å². The molecular formula is C25H28Cl3F2N5O2S. The summed E-state index contributed by atoms with van der Waals surface area (Å²) in [5.74, 6) is 0.833. The fourth-order valence-corrected chi connectivity index (χ4v) is 5.65. The van der Waals surface area contributed by atoms with Crippen molar-refractivity contribution in [2.45, 2.75) is 36.5 Å². The summed E-state index contributed by atoms with van der Waals surface area (Å²) in [4.78, 5) is 23.3. The van der Waals surface area contributed by atoms with Crippen molar-refractivity contribution >= 4 is 70.8 Å². The second-order valence-electron chi connectivity index (χ2n) is 8.92. The zero-order valence-corrected chi connectivity index (χ0v) is 23.7. The lowest BCUT2D eigenvalue weighted by Crippen LogP contribution is -2.51. The van der Waals surface area contributed by atoms with Gasteiger partial charge < -0.3 is 15.4 Å². The van der Waals surface area contributed by atoms with Crippen molar-refractivity contribution in [3.8, 4) is 5.75 Å². The monoisotopic (exact) mass is 605 g/mol. The molecule has 1 saturated heterocycles. The van der Waals surface area contributed by atoms with Crippen LogP contribution in [-0.4, -0.2) is 65.5 Å². The SMILES string of the molecule is COc1cc(F)c2ncc(Cl)c(CCN3CC[C@H](NCc4ccc5c(n4)NC(=O)CS5)[C@H](F)C3)c2c1.Cl.Cl. The van der Waals surface area contributed by atoms with Crippen LogP contribution < -0.4 is 15.4 Å². The Kier molecular flexibility index (Phi) is 10.8. The third-order valence-electron chi connectivity index (χ3n) is 6.57. The highest BCUT2D eigenvalue weighted by Gasteiger charge is 2.29. The van der Waals surface area contributed by atoms with E-state index in [0.29, 0.717) is 60.2 Å². The van der Waals surface area contributed by atoms with Crippen molar-refractivity contribution in [2.24, 2.45) is 0 Å². The van der Waals surface area contributed by atoms with Gasteiger partial charge in [-0.15, -0.1) is 36.6 Å². The average Bonchev–Trinajstić information content (AvgIpc) is 2.87. The third-order valence-corrected chi connectivity index (χ3v) is 7.95. The molecule has 0 saturated carbocycles. The molecule has 2 atom stereocenters. The number of carbonyl (C=O) groups is 1. The first-order valence-electron chi connectivity index (χ1n) is 11.7. The van der Waals surface area contributed by atoms with Crippen LogP contribution in [0.5, 0.6) is 5.75 Å². The number of pyridine rings is 2. The lowest BCUT2D eigenvalue weighted by molar-refractivity contribution is -0.113. The van der Waals surface area contributed by atoms with Gasteiger partial charge in [0, 0.05) is 43.3 Å². The molecule has 3 aromatic rings. The van der Waals surface area contributed by atoms with E-state index in [1.165, 1.54) is 31.1 Å². The van der Waals surface area contributed by atoms with E-state index in [1.807, 2.05) is 12.1 Å². The Hall–Kier alpha value is -1.95. The number of nitrogens with one attached hydrogen (secondary N) is 2. The van der Waals surface area contributed by atoms with E-state index in [9.17, 15) is 9.18 Å². The molecule has 0 radical (unpaired) electrons. The number of thioether (sulfide) groups is 1. The minimum Gasteiger partial charge on any atom is -0.497 e. The zero-order chi connectivity index (χ0) is 25.2. The molecule has 0 aliphatic carbocycles. The first kappa shape index (κ1) is 30.6. The van der Waals surface area contributed by atoms with Crippen LogP contribution in [-0.2, 0) is 17.8 Å². The molecule has 2 aliphatic rings. The summed E-state index contributed by atoms with van der Waals surface area (Å²) in [6.45, 7) is 2.03. The van der Waals surface area contributed by atoms with Crippen molar-refractivity contribution < 1.29 is 18.3 Å². The van der Waals surface area contributed by atoms with Crippen molar-refractivity contribution in [1.29, 1.82) is 0 Å². The number of halogens is 5. The number of anilines is 1. The molecule has 1 fully saturated rings. The van der Waals surface area contributed by atoms with E-state index in [0.717, 1.165) is 22.7 Å². The summed E-state index contributed by atoms with van der Waals surface area (Å²) >= 11 is 7.88. The van der Waals surface area contributed by atoms with Crippen LogP contribution in [0, 0.1) is 5.82 Å². The Bertz CT molecular complexity index is 1310. The summed E-state index contributed by atoms with van der Waals surface area (Å²) in [6, 6.07) is 6.59. The quantitative estimate of drug-likeness (QED) is 0.389. The summed E-state index contributed by atoms with van der Waals surface area (Å²) in [5, 5.41) is 7.13. The van der Waals surface area contributed by atoms with Crippen molar-refractivity contribution in [2.75, 3.05) is 37.8 Å². The number of ether oxygens (including phenoxy) is 1. The average molecular weight is 607 g/mol. The lowest BCUT2D eigenvalue weighted by Gasteiger charge is -2.35. The number of carbonyl (C=O) groups excluding carboxylic acids is 1. The Morgan fingerprint density at radius 1 is 1.32 bits per heavy atom. The first-order chi connectivity index (χ1) is 17.4. The third kappa shape index (κ3) is 6.78. The fourth-order valence-electron chi connectivity index (χ4n) is 4.64. The number of alkyl halides is 1. The molecular weight excluding hydrogens is 579 g/mol. The highest BCUT2D eigenvalue weighted by Crippen LogP contribution is 2.31. The Balaban J connectivity index is 0.00000200. The van der Waals surface area contributed by atoms with Crippen LogP contribution in [0.3, 0.4) is 0 Å². The van der Waals surface area contributed by atoms with Crippen LogP contribution >= 0.6 is 48.2 Å². The topological polar surface area (TPSA) is 79.4 Å². The molecule has 2 aliphatic heterocycles. The summed E-state index contributed by atoms with van der Waals surface area (Å²) in [7, 11) is 1.48. The molecule has 4 heterocycles. The zero-order valence-electron chi connectivity index (χ0n) is 20.5. The van der Waals surface area contributed by atoms with Crippen LogP contribution in [0.15, 0.2) is 35.4 Å². The molecule has 38 heavy (non-hydrogen) atoms. The van der Waals surface area contributed by atoms with Gasteiger partial charge in [-0.1, -0.05) is 11.6 Å². The predicted molar refractivity (Wildman–Crippen MR) is 152 cm³/mol. The van der Waals surface area contributed by atoms with Crippen LogP contribution in [0.25, 0.3) is 10.9 Å². The first-order valence-corrected chi connectivity index (χ1v) is 13.1. The van der Waals surface area contributed by atoms with Gasteiger partial charge in [-0.3, -0.25) is 14.7 Å². The lowest BCUT2D eigenvalue weighted by atomic mass is 10.0. The van der Waals surface area contributed by atoms with Gasteiger partial charge in [-0.2, -0.15) is 0 Å². The molecule has 7 nitrogen and oxygen atoms in total. The molecule has 1 amide bonds. The number of rotatable bonds is 7. The second-order valence-corrected chi connectivity index (χ2v) is 10.3. The van der Waals surface area contributed by atoms with Gasteiger partial charge in [0.05, 0.1) is 28.5 Å². The summed E-state index contributed by atoms with van der Waals surface area (Å²) in [6.07, 6.45) is 1.60. The fraction of sp³-hybridized carbons (Fsp3) is 0.400. The van der Waals surface area contributed by atoms with Crippen molar-refractivity contribution in [3.05, 3.63) is 52.6 Å². The number of likely N-dealkylation sites (tertiary alicyclic amines) is 1. The summed E-state index contributed by atoms with van der Waals surface area (Å²) < 4.78 is 34.7. The number of hydrogen-bond acceptors (Lipinski definition) is 7. The van der Waals surface area contributed by atoms with Gasteiger partial charge >= 0.3 is 0 Å². The van der Waals surface area contributed by atoms with Crippen LogP contribution in [0.1, 0.15) is 17.7 Å². The number of nitrogens with zero attached hydrogens (tertiary/aromatic N) is 3. The van der Waals surface area contributed by atoms with E-state index in [4.69, 9.17) is 16.3 Å². The van der Waals surface area contributed by atoms with Gasteiger partial charge in [-0.05, 0) is 43.1 Å². The molecule has 0 unspecified atom stereocenters. The largest absolute Gasteiger partial charge is 0.497 e. The van der Waals surface area contributed by atoms with E-state index >= 15 is 4.39 Å². The van der Waals surface area contributed by atoms with Gasteiger partial charge in [0.2, 0.25) is 5.91 Å². The Morgan fingerprint density at radius 3 is 2.89 bits per heavy atom. The maximum absolute atomic E-state index is 15.0. The molecule has 206 valence electrons. The number of aromatic nitrogens is 2. The Labute approximate surface area is 241 Å². The maximum Gasteiger partial charge on any atom is 0.235 e. The number of amides is 1. The molecule has 2 N–H and O–H groups in total. The molecule has 1 aromatic carbocycles. The molecule has 0 spiro atoms. The van der Waals surface area contributed by atoms with E-state index in [2.05, 4.69) is 25.5 Å². The van der Waals surface area contributed by atoms with Gasteiger partial charge in [0.25, 0.3) is 0 Å². The predicted octanol–water partition coefficient (Wildman–Crippen LogP) is 5.06. The smallest absolute Gasteiger partial charge is 0.235 e. The van der Waals surface area contributed by atoms with Crippen LogP contribution in [0.4, 0.5) is 14.6 Å². The normalized spacial score (nSPS) is 19.2. The highest BCUT2D eigenvalue weighted by molar-refractivity contribution is 8.00. The minimum atomic E-state index is -1.05.